The number of likely N-dealkylation sites (N-methyl/N-ethyl adjacent to an activating group) is 1. The van der Waals surface area contributed by atoms with Crippen molar-refractivity contribution in [2.75, 3.05) is 33.2 Å². The number of quaternary nitrogens is 2. The van der Waals surface area contributed by atoms with Crippen molar-refractivity contribution in [1.29, 1.82) is 0 Å². The first-order chi connectivity index (χ1) is 11.7. The van der Waals surface area contributed by atoms with Gasteiger partial charge in [-0.1, -0.05) is 49.0 Å². The van der Waals surface area contributed by atoms with E-state index in [2.05, 4.69) is 56.4 Å². The molecule has 0 spiro atoms. The maximum Gasteiger partial charge on any atom is 0.127 e. The maximum absolute atomic E-state index is 2.44. The molecule has 2 aromatic rings. The number of nitrogens with one attached hydrogen (secondary N) is 2. The maximum atomic E-state index is 2.44. The van der Waals surface area contributed by atoms with Gasteiger partial charge in [0, 0.05) is 21.8 Å². The van der Waals surface area contributed by atoms with E-state index in [0.29, 0.717) is 6.04 Å². The molecule has 1 atom stereocenters. The lowest BCUT2D eigenvalue weighted by Crippen LogP contribution is -3.27. The SMILES string of the molecule is CCc1ccc2c(c1)Sc1ccccc1C[C@H]2[NH+]1CC[NH+](C)CC1. The minimum Gasteiger partial charge on any atom is -0.328 e. The van der Waals surface area contributed by atoms with Crippen molar-refractivity contribution in [1.82, 2.24) is 0 Å². The lowest BCUT2D eigenvalue weighted by atomic mass is 9.95. The van der Waals surface area contributed by atoms with Crippen LogP contribution >= 0.6 is 11.8 Å². The molecule has 1 fully saturated rings. The summed E-state index contributed by atoms with van der Waals surface area (Å²) < 4.78 is 0. The Balaban J connectivity index is 1.75. The van der Waals surface area contributed by atoms with Gasteiger partial charge >= 0.3 is 0 Å². The van der Waals surface area contributed by atoms with Gasteiger partial charge in [-0.3, -0.25) is 0 Å². The molecule has 2 nitrogen and oxygen atoms in total. The summed E-state index contributed by atoms with van der Waals surface area (Å²) in [5.41, 5.74) is 4.56. The van der Waals surface area contributed by atoms with E-state index in [1.54, 1.807) is 15.4 Å². The molecule has 24 heavy (non-hydrogen) atoms. The van der Waals surface area contributed by atoms with E-state index in [1.165, 1.54) is 53.5 Å². The molecule has 2 aliphatic heterocycles. The van der Waals surface area contributed by atoms with Gasteiger partial charge in [0.25, 0.3) is 0 Å². The van der Waals surface area contributed by atoms with Crippen LogP contribution in [0.15, 0.2) is 52.3 Å². The average molecular weight is 341 g/mol. The lowest BCUT2D eigenvalue weighted by Gasteiger charge is -2.33. The van der Waals surface area contributed by atoms with Crippen molar-refractivity contribution in [3.8, 4) is 0 Å². The Morgan fingerprint density at radius 1 is 1.00 bits per heavy atom. The van der Waals surface area contributed by atoms with Crippen LogP contribution in [0.1, 0.15) is 29.7 Å². The summed E-state index contributed by atoms with van der Waals surface area (Å²) in [4.78, 5) is 6.41. The fourth-order valence-corrected chi connectivity index (χ4v) is 5.31. The third kappa shape index (κ3) is 3.13. The molecule has 0 radical (unpaired) electrons. The quantitative estimate of drug-likeness (QED) is 0.840. The molecule has 2 N–H and O–H groups in total. The summed E-state index contributed by atoms with van der Waals surface area (Å²) in [5.74, 6) is 0. The number of hydrogen-bond donors (Lipinski definition) is 2. The number of hydrogen-bond acceptors (Lipinski definition) is 1. The first-order valence-electron chi connectivity index (χ1n) is 9.29. The van der Waals surface area contributed by atoms with Gasteiger partial charge in [0.05, 0.1) is 7.05 Å². The van der Waals surface area contributed by atoms with E-state index >= 15 is 0 Å². The zero-order valence-electron chi connectivity index (χ0n) is 14.8. The van der Waals surface area contributed by atoms with Crippen LogP contribution in [0.5, 0.6) is 0 Å². The summed E-state index contributed by atoms with van der Waals surface area (Å²) in [6, 6.07) is 16.8. The van der Waals surface area contributed by atoms with Crippen LogP contribution in [0.2, 0.25) is 0 Å². The molecule has 2 heterocycles. The zero-order valence-corrected chi connectivity index (χ0v) is 15.6. The summed E-state index contributed by atoms with van der Waals surface area (Å²) in [6.45, 7) is 7.42. The van der Waals surface area contributed by atoms with Gasteiger partial charge in [-0.15, -0.1) is 0 Å². The molecule has 2 aromatic carbocycles. The highest BCUT2D eigenvalue weighted by molar-refractivity contribution is 7.99. The van der Waals surface area contributed by atoms with E-state index in [4.69, 9.17) is 0 Å². The number of fused-ring (bicyclic) bond motifs is 2. The number of rotatable bonds is 2. The Morgan fingerprint density at radius 2 is 1.79 bits per heavy atom. The summed E-state index contributed by atoms with van der Waals surface area (Å²) >= 11 is 1.98. The molecular formula is C21H28N2S+2. The van der Waals surface area contributed by atoms with Crippen LogP contribution in [0, 0.1) is 0 Å². The molecule has 0 saturated carbocycles. The molecule has 1 saturated heterocycles. The molecule has 0 aromatic heterocycles. The Labute approximate surface area is 149 Å². The van der Waals surface area contributed by atoms with E-state index in [1.807, 2.05) is 11.8 Å². The van der Waals surface area contributed by atoms with Crippen LogP contribution in [0.4, 0.5) is 0 Å². The molecular weight excluding hydrogens is 312 g/mol. The van der Waals surface area contributed by atoms with Crippen LogP contribution in [-0.4, -0.2) is 33.2 Å². The Kier molecular flexibility index (Phi) is 4.66. The van der Waals surface area contributed by atoms with Crippen molar-refractivity contribution < 1.29 is 9.80 Å². The Morgan fingerprint density at radius 3 is 2.58 bits per heavy atom. The summed E-state index contributed by atoms with van der Waals surface area (Å²) in [5, 5.41) is 0. The van der Waals surface area contributed by atoms with Gasteiger partial charge in [-0.25, -0.2) is 0 Å². The van der Waals surface area contributed by atoms with Gasteiger partial charge in [0.2, 0.25) is 0 Å². The summed E-state index contributed by atoms with van der Waals surface area (Å²) in [7, 11) is 2.33. The fraction of sp³-hybridized carbons (Fsp3) is 0.429. The largest absolute Gasteiger partial charge is 0.328 e. The van der Waals surface area contributed by atoms with Crippen molar-refractivity contribution >= 4 is 11.8 Å². The predicted octanol–water partition coefficient (Wildman–Crippen LogP) is 1.41. The highest BCUT2D eigenvalue weighted by Gasteiger charge is 2.33. The fourth-order valence-electron chi connectivity index (χ4n) is 4.11. The first-order valence-corrected chi connectivity index (χ1v) is 10.1. The van der Waals surface area contributed by atoms with Crippen molar-refractivity contribution in [3.63, 3.8) is 0 Å². The molecule has 0 unspecified atom stereocenters. The van der Waals surface area contributed by atoms with Crippen molar-refractivity contribution in [2.45, 2.75) is 35.6 Å². The molecule has 0 aliphatic carbocycles. The van der Waals surface area contributed by atoms with Crippen molar-refractivity contribution in [2.24, 2.45) is 0 Å². The molecule has 126 valence electrons. The monoisotopic (exact) mass is 340 g/mol. The third-order valence-corrected chi connectivity index (χ3v) is 6.91. The van der Waals surface area contributed by atoms with Gasteiger partial charge in [0.1, 0.15) is 32.2 Å². The van der Waals surface area contributed by atoms with Crippen LogP contribution in [-0.2, 0) is 12.8 Å². The van der Waals surface area contributed by atoms with E-state index in [9.17, 15) is 0 Å². The third-order valence-electron chi connectivity index (χ3n) is 5.72. The summed E-state index contributed by atoms with van der Waals surface area (Å²) in [6.07, 6.45) is 2.29. The number of piperazine rings is 1. The lowest BCUT2D eigenvalue weighted by molar-refractivity contribution is -1.02. The first kappa shape index (κ1) is 16.2. The Bertz CT molecular complexity index is 720. The number of aryl methyl sites for hydroxylation is 1. The highest BCUT2D eigenvalue weighted by Crippen LogP contribution is 2.40. The normalized spacial score (nSPS) is 26.3. The molecule has 2 aliphatic rings. The number of benzene rings is 2. The van der Waals surface area contributed by atoms with Gasteiger partial charge in [-0.2, -0.15) is 0 Å². The topological polar surface area (TPSA) is 8.88 Å². The minimum absolute atomic E-state index is 0.607. The van der Waals surface area contributed by atoms with E-state index < -0.39 is 0 Å². The second-order valence-electron chi connectivity index (χ2n) is 7.31. The average Bonchev–Trinajstić information content (AvgIpc) is 2.78. The van der Waals surface area contributed by atoms with Crippen LogP contribution in [0.25, 0.3) is 0 Å². The smallest absolute Gasteiger partial charge is 0.127 e. The highest BCUT2D eigenvalue weighted by atomic mass is 32.2. The molecule has 3 heteroatoms. The molecule has 0 amide bonds. The molecule has 0 bridgehead atoms. The second-order valence-corrected chi connectivity index (χ2v) is 8.39. The second kappa shape index (κ2) is 6.91. The van der Waals surface area contributed by atoms with Gasteiger partial charge in [0.15, 0.2) is 0 Å². The standard InChI is InChI=1S/C21H26N2S/c1-3-16-8-9-18-19(23-12-10-22(2)11-13-23)15-17-6-4-5-7-20(17)24-21(18)14-16/h4-9,14,19H,3,10-13,15H2,1-2H3/p+2/t19-/m1/s1. The minimum atomic E-state index is 0.607. The van der Waals surface area contributed by atoms with Gasteiger partial charge < -0.3 is 9.80 Å². The van der Waals surface area contributed by atoms with Crippen LogP contribution < -0.4 is 9.80 Å². The van der Waals surface area contributed by atoms with E-state index in [0.717, 1.165) is 6.42 Å². The van der Waals surface area contributed by atoms with E-state index in [-0.39, 0.29) is 0 Å². The van der Waals surface area contributed by atoms with Gasteiger partial charge in [-0.05, 0) is 29.7 Å². The van der Waals surface area contributed by atoms with Crippen molar-refractivity contribution in [3.05, 3.63) is 59.2 Å². The Hall–Kier alpha value is -1.29. The van der Waals surface area contributed by atoms with Crippen LogP contribution in [0.3, 0.4) is 0 Å². The zero-order chi connectivity index (χ0) is 16.5. The molecule has 4 rings (SSSR count). The predicted molar refractivity (Wildman–Crippen MR) is 100 cm³/mol.